The lowest BCUT2D eigenvalue weighted by Gasteiger charge is -2.28. The number of carboxylic acids is 1. The fourth-order valence-electron chi connectivity index (χ4n) is 4.36. The topological polar surface area (TPSA) is 87.2 Å². The van der Waals surface area contributed by atoms with Crippen molar-refractivity contribution in [3.63, 3.8) is 0 Å². The second-order valence-electron chi connectivity index (χ2n) is 8.58. The van der Waals surface area contributed by atoms with E-state index in [-0.39, 0.29) is 17.8 Å². The third kappa shape index (κ3) is 4.39. The smallest absolute Gasteiger partial charge is 0.320 e. The number of aromatic amines is 1. The SMILES string of the molecule is COc1ccc(F)cc1-c1ccnc2[nH]c(C3=CCC(N[C@@H](C(=O)O)C(C)C)CC3)cc12. The normalized spacial score (nSPS) is 17.4. The molecule has 0 radical (unpaired) electrons. The van der Waals surface area contributed by atoms with Gasteiger partial charge < -0.3 is 20.1 Å². The highest BCUT2D eigenvalue weighted by molar-refractivity contribution is 5.96. The summed E-state index contributed by atoms with van der Waals surface area (Å²) in [4.78, 5) is 19.3. The number of methoxy groups -OCH3 is 1. The molecule has 4 rings (SSSR count). The van der Waals surface area contributed by atoms with E-state index in [2.05, 4.69) is 27.4 Å². The molecular weight excluding hydrogens is 409 g/mol. The number of aromatic nitrogens is 2. The largest absolute Gasteiger partial charge is 0.496 e. The molecule has 1 aliphatic rings. The van der Waals surface area contributed by atoms with Gasteiger partial charge in [0, 0.05) is 28.9 Å². The van der Waals surface area contributed by atoms with Crippen LogP contribution in [0, 0.1) is 11.7 Å². The Bertz CT molecular complexity index is 1170. The average molecular weight is 438 g/mol. The third-order valence-electron chi connectivity index (χ3n) is 6.09. The molecule has 168 valence electrons. The lowest BCUT2D eigenvalue weighted by Crippen LogP contribution is -2.46. The highest BCUT2D eigenvalue weighted by Crippen LogP contribution is 2.37. The zero-order valence-electron chi connectivity index (χ0n) is 18.5. The summed E-state index contributed by atoms with van der Waals surface area (Å²) in [5.41, 5.74) is 4.42. The van der Waals surface area contributed by atoms with Crippen molar-refractivity contribution in [2.45, 2.75) is 45.2 Å². The van der Waals surface area contributed by atoms with E-state index in [1.807, 2.05) is 19.9 Å². The number of allylic oxidation sites excluding steroid dienone is 1. The molecule has 0 aliphatic heterocycles. The summed E-state index contributed by atoms with van der Waals surface area (Å²) in [7, 11) is 1.57. The molecule has 0 bridgehead atoms. The van der Waals surface area contributed by atoms with Crippen molar-refractivity contribution in [1.82, 2.24) is 15.3 Å². The van der Waals surface area contributed by atoms with Gasteiger partial charge in [0.05, 0.1) is 7.11 Å². The van der Waals surface area contributed by atoms with Crippen LogP contribution in [0.25, 0.3) is 27.7 Å². The second-order valence-corrected chi connectivity index (χ2v) is 8.58. The maximum absolute atomic E-state index is 14.0. The molecule has 2 aromatic heterocycles. The van der Waals surface area contributed by atoms with Gasteiger partial charge in [-0.25, -0.2) is 9.37 Å². The highest BCUT2D eigenvalue weighted by Gasteiger charge is 2.26. The van der Waals surface area contributed by atoms with Crippen LogP contribution in [-0.2, 0) is 4.79 Å². The quantitative estimate of drug-likeness (QED) is 0.484. The van der Waals surface area contributed by atoms with Crippen molar-refractivity contribution in [2.24, 2.45) is 5.92 Å². The number of benzene rings is 1. The highest BCUT2D eigenvalue weighted by atomic mass is 19.1. The predicted molar refractivity (Wildman–Crippen MR) is 123 cm³/mol. The first-order valence-corrected chi connectivity index (χ1v) is 10.9. The Balaban J connectivity index is 1.61. The van der Waals surface area contributed by atoms with Crippen molar-refractivity contribution in [3.8, 4) is 16.9 Å². The van der Waals surface area contributed by atoms with Crippen LogP contribution in [0.5, 0.6) is 5.75 Å². The first-order valence-electron chi connectivity index (χ1n) is 10.9. The van der Waals surface area contributed by atoms with Crippen molar-refractivity contribution in [2.75, 3.05) is 7.11 Å². The van der Waals surface area contributed by atoms with Gasteiger partial charge in [0.25, 0.3) is 0 Å². The standard InChI is InChI=1S/C25H28FN3O3/c1-14(2)23(25(30)31)28-17-7-4-15(5-8-17)21-13-20-18(10-11-27-24(20)29-21)19-12-16(26)6-9-22(19)32-3/h4,6,9-14,17,23,28H,5,7-8H2,1-3H3,(H,27,29)(H,30,31)/t17?,23-/m1/s1. The molecule has 6 nitrogen and oxygen atoms in total. The molecule has 2 atom stereocenters. The number of H-pyrrole nitrogens is 1. The number of pyridine rings is 1. The minimum Gasteiger partial charge on any atom is -0.496 e. The van der Waals surface area contributed by atoms with Gasteiger partial charge >= 0.3 is 5.97 Å². The Morgan fingerprint density at radius 2 is 2.09 bits per heavy atom. The molecule has 3 aromatic rings. The second kappa shape index (κ2) is 9.12. The fraction of sp³-hybridized carbons (Fsp3) is 0.360. The van der Waals surface area contributed by atoms with Crippen LogP contribution in [0.15, 0.2) is 42.6 Å². The van der Waals surface area contributed by atoms with Gasteiger partial charge in [0.1, 0.15) is 23.3 Å². The van der Waals surface area contributed by atoms with Crippen LogP contribution in [-0.4, -0.2) is 40.2 Å². The van der Waals surface area contributed by atoms with Gasteiger partial charge in [-0.1, -0.05) is 19.9 Å². The Hall–Kier alpha value is -3.19. The molecule has 1 unspecified atom stereocenters. The fourth-order valence-corrected chi connectivity index (χ4v) is 4.36. The van der Waals surface area contributed by atoms with Gasteiger partial charge in [0.2, 0.25) is 0 Å². The lowest BCUT2D eigenvalue weighted by atomic mass is 9.91. The molecule has 32 heavy (non-hydrogen) atoms. The number of nitrogens with zero attached hydrogens (tertiary/aromatic N) is 1. The first kappa shape index (κ1) is 22.0. The number of carbonyl (C=O) groups is 1. The Labute approximate surface area is 186 Å². The van der Waals surface area contributed by atoms with Gasteiger partial charge in [-0.3, -0.25) is 4.79 Å². The number of halogens is 1. The summed E-state index contributed by atoms with van der Waals surface area (Å²) in [5.74, 6) is -0.505. The zero-order valence-corrected chi connectivity index (χ0v) is 18.5. The number of nitrogens with one attached hydrogen (secondary N) is 2. The van der Waals surface area contributed by atoms with Crippen LogP contribution in [0.4, 0.5) is 4.39 Å². The van der Waals surface area contributed by atoms with E-state index in [0.717, 1.165) is 41.6 Å². The summed E-state index contributed by atoms with van der Waals surface area (Å²) in [6.07, 6.45) is 6.31. The average Bonchev–Trinajstić information content (AvgIpc) is 3.22. The van der Waals surface area contributed by atoms with Crippen molar-refractivity contribution in [1.29, 1.82) is 0 Å². The van der Waals surface area contributed by atoms with E-state index < -0.39 is 12.0 Å². The molecule has 0 fully saturated rings. The maximum Gasteiger partial charge on any atom is 0.320 e. The van der Waals surface area contributed by atoms with E-state index in [1.54, 1.807) is 19.4 Å². The van der Waals surface area contributed by atoms with Gasteiger partial charge in [0.15, 0.2) is 0 Å². The van der Waals surface area contributed by atoms with Crippen LogP contribution < -0.4 is 10.1 Å². The van der Waals surface area contributed by atoms with Crippen molar-refractivity contribution < 1.29 is 19.0 Å². The van der Waals surface area contributed by atoms with E-state index in [1.165, 1.54) is 17.7 Å². The van der Waals surface area contributed by atoms with Gasteiger partial charge in [-0.05, 0) is 66.6 Å². The van der Waals surface area contributed by atoms with E-state index in [4.69, 9.17) is 4.74 Å². The van der Waals surface area contributed by atoms with Crippen LogP contribution in [0.1, 0.15) is 38.8 Å². The number of rotatable bonds is 7. The van der Waals surface area contributed by atoms with Gasteiger partial charge in [-0.15, -0.1) is 0 Å². The Kier molecular flexibility index (Phi) is 6.28. The molecule has 0 spiro atoms. The van der Waals surface area contributed by atoms with Crippen LogP contribution >= 0.6 is 0 Å². The van der Waals surface area contributed by atoms with E-state index in [9.17, 15) is 14.3 Å². The molecule has 0 saturated heterocycles. The molecule has 3 N–H and O–H groups in total. The molecule has 0 amide bonds. The Morgan fingerprint density at radius 1 is 1.28 bits per heavy atom. The van der Waals surface area contributed by atoms with Crippen molar-refractivity contribution in [3.05, 3.63) is 54.1 Å². The minimum atomic E-state index is -0.809. The zero-order chi connectivity index (χ0) is 22.8. The van der Waals surface area contributed by atoms with E-state index >= 15 is 0 Å². The molecule has 0 saturated carbocycles. The van der Waals surface area contributed by atoms with Gasteiger partial charge in [-0.2, -0.15) is 0 Å². The number of carboxylic acid groups (broad SMARTS) is 1. The molecule has 2 heterocycles. The van der Waals surface area contributed by atoms with Crippen LogP contribution in [0.2, 0.25) is 0 Å². The summed E-state index contributed by atoms with van der Waals surface area (Å²) < 4.78 is 19.4. The first-order chi connectivity index (χ1) is 15.4. The third-order valence-corrected chi connectivity index (χ3v) is 6.09. The molecule has 1 aromatic carbocycles. The molecule has 7 heteroatoms. The monoisotopic (exact) mass is 437 g/mol. The maximum atomic E-state index is 14.0. The number of fused-ring (bicyclic) bond motifs is 1. The molecule has 1 aliphatic carbocycles. The summed E-state index contributed by atoms with van der Waals surface area (Å²) in [6, 6.07) is 8.00. The summed E-state index contributed by atoms with van der Waals surface area (Å²) >= 11 is 0. The number of hydrogen-bond donors (Lipinski definition) is 3. The molecular formula is C25H28FN3O3. The summed E-state index contributed by atoms with van der Waals surface area (Å²) in [5, 5.41) is 13.6. The number of ether oxygens (including phenoxy) is 1. The number of aliphatic carboxylic acids is 1. The predicted octanol–water partition coefficient (Wildman–Crippen LogP) is 5.01. The number of hydrogen-bond acceptors (Lipinski definition) is 4. The van der Waals surface area contributed by atoms with Crippen molar-refractivity contribution >= 4 is 22.6 Å². The van der Waals surface area contributed by atoms with Crippen LogP contribution in [0.3, 0.4) is 0 Å². The summed E-state index contributed by atoms with van der Waals surface area (Å²) in [6.45, 7) is 3.83. The Morgan fingerprint density at radius 3 is 2.75 bits per heavy atom. The lowest BCUT2D eigenvalue weighted by molar-refractivity contribution is -0.140. The minimum absolute atomic E-state index is 0.0240. The van der Waals surface area contributed by atoms with E-state index in [0.29, 0.717) is 11.3 Å².